The van der Waals surface area contributed by atoms with Crippen LogP contribution in [-0.4, -0.2) is 9.97 Å². The fourth-order valence-corrected chi connectivity index (χ4v) is 2.04. The number of aromatic nitrogens is 2. The van der Waals surface area contributed by atoms with E-state index in [1.54, 1.807) is 12.4 Å². The zero-order chi connectivity index (χ0) is 13.1. The molecule has 0 amide bonds. The second-order valence-electron chi connectivity index (χ2n) is 4.71. The Labute approximate surface area is 108 Å². The van der Waals surface area contributed by atoms with Crippen molar-refractivity contribution in [2.45, 2.75) is 33.7 Å². The fourth-order valence-electron chi connectivity index (χ4n) is 2.04. The molecule has 1 N–H and O–H groups in total. The first-order chi connectivity index (χ1) is 8.58. The van der Waals surface area contributed by atoms with Gasteiger partial charge in [-0.1, -0.05) is 12.1 Å². The predicted octanol–water partition coefficient (Wildman–Crippen LogP) is 3.57. The highest BCUT2D eigenvalue weighted by Crippen LogP contribution is 2.23. The second kappa shape index (κ2) is 5.17. The molecule has 94 valence electrons. The highest BCUT2D eigenvalue weighted by molar-refractivity contribution is 5.53. The molecule has 0 saturated carbocycles. The number of rotatable bonds is 3. The number of anilines is 1. The number of nitrogens with one attached hydrogen (secondary N) is 1. The Hall–Kier alpha value is -1.90. The number of hydrogen-bond donors (Lipinski definition) is 1. The van der Waals surface area contributed by atoms with Crippen molar-refractivity contribution in [2.24, 2.45) is 0 Å². The van der Waals surface area contributed by atoms with E-state index in [9.17, 15) is 0 Å². The maximum absolute atomic E-state index is 4.40. The lowest BCUT2D eigenvalue weighted by Gasteiger charge is -2.18. The van der Waals surface area contributed by atoms with Crippen molar-refractivity contribution in [1.29, 1.82) is 0 Å². The van der Waals surface area contributed by atoms with E-state index in [1.807, 2.05) is 6.92 Å². The Morgan fingerprint density at radius 2 is 1.78 bits per heavy atom. The maximum Gasteiger partial charge on any atom is 0.0835 e. The van der Waals surface area contributed by atoms with Crippen LogP contribution in [0.25, 0.3) is 0 Å². The average molecular weight is 241 g/mol. The van der Waals surface area contributed by atoms with E-state index in [0.29, 0.717) is 0 Å². The highest BCUT2D eigenvalue weighted by Gasteiger charge is 2.11. The Balaban J connectivity index is 2.24. The first-order valence-corrected chi connectivity index (χ1v) is 6.19. The van der Waals surface area contributed by atoms with Crippen LogP contribution in [0.3, 0.4) is 0 Å². The maximum atomic E-state index is 4.40. The molecule has 1 aromatic carbocycles. The van der Waals surface area contributed by atoms with Crippen LogP contribution in [0.2, 0.25) is 0 Å². The van der Waals surface area contributed by atoms with Gasteiger partial charge in [0.05, 0.1) is 17.4 Å². The zero-order valence-corrected chi connectivity index (χ0v) is 11.4. The smallest absolute Gasteiger partial charge is 0.0835 e. The molecule has 1 unspecified atom stereocenters. The summed E-state index contributed by atoms with van der Waals surface area (Å²) in [6.07, 6.45) is 3.47. The van der Waals surface area contributed by atoms with Crippen LogP contribution in [0.15, 0.2) is 30.6 Å². The fraction of sp³-hybridized carbons (Fsp3) is 0.333. The van der Waals surface area contributed by atoms with Crippen molar-refractivity contribution in [3.05, 3.63) is 53.1 Å². The van der Waals surface area contributed by atoms with Crippen molar-refractivity contribution in [3.63, 3.8) is 0 Å². The summed E-state index contributed by atoms with van der Waals surface area (Å²) in [5.74, 6) is 0. The van der Waals surface area contributed by atoms with Crippen LogP contribution in [-0.2, 0) is 0 Å². The van der Waals surface area contributed by atoms with Gasteiger partial charge in [0.2, 0.25) is 0 Å². The van der Waals surface area contributed by atoms with E-state index >= 15 is 0 Å². The van der Waals surface area contributed by atoms with Gasteiger partial charge in [-0.3, -0.25) is 9.97 Å². The largest absolute Gasteiger partial charge is 0.377 e. The lowest BCUT2D eigenvalue weighted by atomic mass is 10.1. The highest BCUT2D eigenvalue weighted by atomic mass is 15.0. The Morgan fingerprint density at radius 3 is 2.50 bits per heavy atom. The summed E-state index contributed by atoms with van der Waals surface area (Å²) >= 11 is 0. The third-order valence-electron chi connectivity index (χ3n) is 3.09. The molecule has 0 fully saturated rings. The van der Waals surface area contributed by atoms with Gasteiger partial charge in [0.15, 0.2) is 0 Å². The molecular weight excluding hydrogens is 222 g/mol. The molecule has 2 rings (SSSR count). The van der Waals surface area contributed by atoms with Gasteiger partial charge in [-0.15, -0.1) is 0 Å². The molecule has 18 heavy (non-hydrogen) atoms. The first-order valence-electron chi connectivity index (χ1n) is 6.19. The number of benzene rings is 1. The van der Waals surface area contributed by atoms with Crippen LogP contribution >= 0.6 is 0 Å². The molecule has 1 atom stereocenters. The van der Waals surface area contributed by atoms with Gasteiger partial charge in [-0.05, 0) is 44.9 Å². The van der Waals surface area contributed by atoms with Gasteiger partial charge in [0.1, 0.15) is 0 Å². The van der Waals surface area contributed by atoms with Gasteiger partial charge >= 0.3 is 0 Å². The summed E-state index contributed by atoms with van der Waals surface area (Å²) in [6, 6.07) is 6.57. The number of aryl methyl sites for hydroxylation is 3. The molecule has 0 saturated heterocycles. The first kappa shape index (κ1) is 12.6. The molecule has 0 aliphatic carbocycles. The normalized spacial score (nSPS) is 12.2. The Morgan fingerprint density at radius 1 is 1.06 bits per heavy atom. The van der Waals surface area contributed by atoms with Crippen LogP contribution in [0.5, 0.6) is 0 Å². The standard InChI is InChI=1S/C15H19N3/c1-10-5-6-11(2)14(9-10)18-13(4)15-12(3)16-7-8-17-15/h5-9,13,18H,1-4H3. The summed E-state index contributed by atoms with van der Waals surface area (Å²) in [5, 5.41) is 3.51. The molecule has 1 aromatic heterocycles. The zero-order valence-electron chi connectivity index (χ0n) is 11.4. The summed E-state index contributed by atoms with van der Waals surface area (Å²) in [4.78, 5) is 8.68. The molecule has 0 aliphatic rings. The van der Waals surface area contributed by atoms with E-state index in [0.717, 1.165) is 17.1 Å². The van der Waals surface area contributed by atoms with Crippen LogP contribution in [0.4, 0.5) is 5.69 Å². The summed E-state index contributed by atoms with van der Waals surface area (Å²) in [7, 11) is 0. The van der Waals surface area contributed by atoms with Crippen molar-refractivity contribution >= 4 is 5.69 Å². The van der Waals surface area contributed by atoms with Crippen LogP contribution < -0.4 is 5.32 Å². The Kier molecular flexibility index (Phi) is 3.60. The predicted molar refractivity (Wildman–Crippen MR) is 74.7 cm³/mol. The van der Waals surface area contributed by atoms with E-state index in [1.165, 1.54) is 11.1 Å². The van der Waals surface area contributed by atoms with E-state index in [4.69, 9.17) is 0 Å². The van der Waals surface area contributed by atoms with Crippen molar-refractivity contribution in [2.75, 3.05) is 5.32 Å². The van der Waals surface area contributed by atoms with E-state index < -0.39 is 0 Å². The quantitative estimate of drug-likeness (QED) is 0.892. The molecule has 0 aliphatic heterocycles. The lowest BCUT2D eigenvalue weighted by Crippen LogP contribution is -2.11. The van der Waals surface area contributed by atoms with Crippen LogP contribution in [0, 0.1) is 20.8 Å². The topological polar surface area (TPSA) is 37.8 Å². The van der Waals surface area contributed by atoms with E-state index in [2.05, 4.69) is 54.3 Å². The molecule has 0 spiro atoms. The Bertz CT molecular complexity index is 549. The van der Waals surface area contributed by atoms with Crippen LogP contribution in [0.1, 0.15) is 35.5 Å². The summed E-state index contributed by atoms with van der Waals surface area (Å²) in [5.41, 5.74) is 5.63. The van der Waals surface area contributed by atoms with Gasteiger partial charge in [-0.2, -0.15) is 0 Å². The third kappa shape index (κ3) is 2.67. The minimum atomic E-state index is 0.152. The molecular formula is C15H19N3. The van der Waals surface area contributed by atoms with Gasteiger partial charge in [0, 0.05) is 18.1 Å². The van der Waals surface area contributed by atoms with Crippen molar-refractivity contribution in [1.82, 2.24) is 9.97 Å². The second-order valence-corrected chi connectivity index (χ2v) is 4.71. The summed E-state index contributed by atoms with van der Waals surface area (Å²) in [6.45, 7) is 8.31. The van der Waals surface area contributed by atoms with E-state index in [-0.39, 0.29) is 6.04 Å². The van der Waals surface area contributed by atoms with Crippen molar-refractivity contribution < 1.29 is 0 Å². The molecule has 1 heterocycles. The van der Waals surface area contributed by atoms with Gasteiger partial charge in [-0.25, -0.2) is 0 Å². The monoisotopic (exact) mass is 241 g/mol. The minimum Gasteiger partial charge on any atom is -0.377 e. The average Bonchev–Trinajstić information content (AvgIpc) is 2.34. The molecule has 3 heteroatoms. The molecule has 0 radical (unpaired) electrons. The number of nitrogens with zero attached hydrogens (tertiary/aromatic N) is 2. The summed E-state index contributed by atoms with van der Waals surface area (Å²) < 4.78 is 0. The SMILES string of the molecule is Cc1ccc(C)c(NC(C)c2nccnc2C)c1. The van der Waals surface area contributed by atoms with Gasteiger partial charge < -0.3 is 5.32 Å². The third-order valence-corrected chi connectivity index (χ3v) is 3.09. The molecule has 3 nitrogen and oxygen atoms in total. The van der Waals surface area contributed by atoms with Crippen molar-refractivity contribution in [3.8, 4) is 0 Å². The number of hydrogen-bond acceptors (Lipinski definition) is 3. The minimum absolute atomic E-state index is 0.152. The molecule has 0 bridgehead atoms. The lowest BCUT2D eigenvalue weighted by molar-refractivity contribution is 0.808. The van der Waals surface area contributed by atoms with Gasteiger partial charge in [0.25, 0.3) is 0 Å². The molecule has 2 aromatic rings.